The molecule has 168 valence electrons. The summed E-state index contributed by atoms with van der Waals surface area (Å²) in [4.78, 5) is 31.6. The van der Waals surface area contributed by atoms with Gasteiger partial charge in [0.2, 0.25) is 0 Å². The van der Waals surface area contributed by atoms with Crippen molar-refractivity contribution < 1.29 is 29.0 Å². The lowest BCUT2D eigenvalue weighted by Gasteiger charge is -2.28. The molecular formula is C23H35NO6. The fourth-order valence-electron chi connectivity index (χ4n) is 3.22. The quantitative estimate of drug-likeness (QED) is 0.646. The summed E-state index contributed by atoms with van der Waals surface area (Å²) in [6, 6.07) is 8.91. The molecule has 2 rings (SSSR count). The Morgan fingerprint density at radius 2 is 1.73 bits per heavy atom. The van der Waals surface area contributed by atoms with Crippen LogP contribution < -0.4 is 0 Å². The van der Waals surface area contributed by atoms with E-state index in [0.29, 0.717) is 0 Å². The molecule has 1 aromatic rings. The highest BCUT2D eigenvalue weighted by atomic mass is 16.7. The monoisotopic (exact) mass is 421 g/mol. The van der Waals surface area contributed by atoms with Crippen LogP contribution >= 0.6 is 0 Å². The van der Waals surface area contributed by atoms with Gasteiger partial charge in [-0.3, -0.25) is 14.4 Å². The molecule has 1 saturated heterocycles. The second kappa shape index (κ2) is 9.90. The molecule has 7 nitrogen and oxygen atoms in total. The van der Waals surface area contributed by atoms with E-state index in [9.17, 15) is 14.7 Å². The molecule has 1 heterocycles. The fourth-order valence-corrected chi connectivity index (χ4v) is 3.22. The molecule has 1 N–H and O–H groups in total. The predicted octanol–water partition coefficient (Wildman–Crippen LogP) is 2.96. The maximum absolute atomic E-state index is 12.9. The van der Waals surface area contributed by atoms with Gasteiger partial charge in [-0.15, -0.1) is 0 Å². The van der Waals surface area contributed by atoms with Crippen molar-refractivity contribution >= 4 is 11.9 Å². The summed E-state index contributed by atoms with van der Waals surface area (Å²) in [6.07, 6.45) is 0. The first-order chi connectivity index (χ1) is 13.9. The Hall–Kier alpha value is -1.96. The van der Waals surface area contributed by atoms with E-state index in [-0.39, 0.29) is 32.3 Å². The zero-order valence-electron chi connectivity index (χ0n) is 18.9. The fraction of sp³-hybridized carbons (Fsp3) is 0.652. The van der Waals surface area contributed by atoms with Gasteiger partial charge in [-0.25, -0.2) is 0 Å². The van der Waals surface area contributed by atoms with Gasteiger partial charge in [-0.1, -0.05) is 51.1 Å². The van der Waals surface area contributed by atoms with E-state index < -0.39 is 34.9 Å². The van der Waals surface area contributed by atoms with Gasteiger partial charge < -0.3 is 14.6 Å². The van der Waals surface area contributed by atoms with Crippen molar-refractivity contribution in [2.24, 2.45) is 17.3 Å². The molecule has 0 unspecified atom stereocenters. The van der Waals surface area contributed by atoms with E-state index in [1.54, 1.807) is 5.06 Å². The minimum atomic E-state index is -0.712. The molecule has 0 radical (unpaired) electrons. The van der Waals surface area contributed by atoms with Crippen LogP contribution in [0, 0.1) is 17.3 Å². The van der Waals surface area contributed by atoms with Crippen molar-refractivity contribution in [1.29, 1.82) is 0 Å². The van der Waals surface area contributed by atoms with Gasteiger partial charge in [0, 0.05) is 12.0 Å². The van der Waals surface area contributed by atoms with Gasteiger partial charge in [-0.05, 0) is 32.3 Å². The van der Waals surface area contributed by atoms with Crippen LogP contribution in [-0.4, -0.2) is 53.5 Å². The highest BCUT2D eigenvalue weighted by Crippen LogP contribution is 2.33. The van der Waals surface area contributed by atoms with Crippen LogP contribution in [0.2, 0.25) is 0 Å². The third-order valence-electron chi connectivity index (χ3n) is 5.04. The number of benzene rings is 1. The standard InChI is InChI=1S/C23H35NO6/c1-16-18(20(26)28-15-23(5,6)14-25)12-24(19(16)21(27)30-22(2,3)4)29-13-17-10-8-7-9-11-17/h7-11,16,18-19,25H,12-15H2,1-6H3/t16-,18+,19-/m1/s1. The molecule has 30 heavy (non-hydrogen) atoms. The molecule has 7 heteroatoms. The van der Waals surface area contributed by atoms with E-state index in [4.69, 9.17) is 14.3 Å². The minimum absolute atomic E-state index is 0.0899. The van der Waals surface area contributed by atoms with Crippen molar-refractivity contribution in [2.45, 2.75) is 59.8 Å². The number of rotatable bonds is 8. The van der Waals surface area contributed by atoms with Crippen LogP contribution in [0.15, 0.2) is 30.3 Å². The third kappa shape index (κ3) is 6.79. The number of hydrogen-bond donors (Lipinski definition) is 1. The van der Waals surface area contributed by atoms with E-state index in [2.05, 4.69) is 0 Å². The summed E-state index contributed by atoms with van der Waals surface area (Å²) >= 11 is 0. The van der Waals surface area contributed by atoms with Crippen LogP contribution in [-0.2, 0) is 30.5 Å². The lowest BCUT2D eigenvalue weighted by molar-refractivity contribution is -0.205. The second-order valence-corrected chi connectivity index (χ2v) is 9.73. The van der Waals surface area contributed by atoms with Crippen LogP contribution in [0.4, 0.5) is 0 Å². The normalized spacial score (nSPS) is 22.7. The maximum atomic E-state index is 12.9. The number of esters is 2. The summed E-state index contributed by atoms with van der Waals surface area (Å²) in [5.41, 5.74) is -0.208. The van der Waals surface area contributed by atoms with Gasteiger partial charge in [0.15, 0.2) is 0 Å². The average Bonchev–Trinajstić information content (AvgIpc) is 3.00. The third-order valence-corrected chi connectivity index (χ3v) is 5.04. The molecule has 0 saturated carbocycles. The number of nitrogens with zero attached hydrogens (tertiary/aromatic N) is 1. The van der Waals surface area contributed by atoms with E-state index in [1.807, 2.05) is 71.9 Å². The molecule has 1 aromatic carbocycles. The summed E-state index contributed by atoms with van der Waals surface area (Å²) in [5.74, 6) is -1.70. The first kappa shape index (κ1) is 24.3. The number of hydroxylamine groups is 2. The topological polar surface area (TPSA) is 85.3 Å². The molecule has 0 amide bonds. The Balaban J connectivity index is 2.13. The summed E-state index contributed by atoms with van der Waals surface area (Å²) < 4.78 is 11.0. The first-order valence-electron chi connectivity index (χ1n) is 10.4. The highest BCUT2D eigenvalue weighted by Gasteiger charge is 2.49. The number of hydrogen-bond acceptors (Lipinski definition) is 7. The SMILES string of the molecule is C[C@@H]1[C@@H](C(=O)OCC(C)(C)CO)CN(OCc2ccccc2)[C@H]1C(=O)OC(C)(C)C. The van der Waals surface area contributed by atoms with Crippen molar-refractivity contribution in [2.75, 3.05) is 19.8 Å². The molecule has 3 atom stereocenters. The van der Waals surface area contributed by atoms with E-state index >= 15 is 0 Å². The number of carbonyl (C=O) groups excluding carboxylic acids is 2. The zero-order valence-corrected chi connectivity index (χ0v) is 18.9. The molecule has 1 aliphatic heterocycles. The summed E-state index contributed by atoms with van der Waals surface area (Å²) in [6.45, 7) is 11.4. The Kier molecular flexibility index (Phi) is 8.02. The smallest absolute Gasteiger partial charge is 0.326 e. The lowest BCUT2D eigenvalue weighted by Crippen LogP contribution is -2.43. The van der Waals surface area contributed by atoms with Gasteiger partial charge >= 0.3 is 11.9 Å². The Bertz CT molecular complexity index is 712. The van der Waals surface area contributed by atoms with Crippen LogP contribution in [0.1, 0.15) is 47.1 Å². The minimum Gasteiger partial charge on any atom is -0.465 e. The second-order valence-electron chi connectivity index (χ2n) is 9.73. The molecule has 0 spiro atoms. The van der Waals surface area contributed by atoms with Crippen LogP contribution in [0.3, 0.4) is 0 Å². The van der Waals surface area contributed by atoms with E-state index in [1.165, 1.54) is 0 Å². The zero-order chi connectivity index (χ0) is 22.5. The Morgan fingerprint density at radius 3 is 2.30 bits per heavy atom. The molecule has 1 aliphatic rings. The Labute approximate surface area is 179 Å². The lowest BCUT2D eigenvalue weighted by atomic mass is 9.92. The summed E-state index contributed by atoms with van der Waals surface area (Å²) in [5, 5.41) is 10.9. The number of carbonyl (C=O) groups is 2. The predicted molar refractivity (Wildman–Crippen MR) is 112 cm³/mol. The number of aliphatic hydroxyl groups is 1. The first-order valence-corrected chi connectivity index (χ1v) is 10.4. The Morgan fingerprint density at radius 1 is 1.10 bits per heavy atom. The molecular weight excluding hydrogens is 386 g/mol. The van der Waals surface area contributed by atoms with Gasteiger partial charge in [0.05, 0.1) is 25.7 Å². The average molecular weight is 422 g/mol. The molecule has 0 bridgehead atoms. The highest BCUT2D eigenvalue weighted by molar-refractivity contribution is 5.80. The van der Waals surface area contributed by atoms with Crippen molar-refractivity contribution in [3.8, 4) is 0 Å². The van der Waals surface area contributed by atoms with Gasteiger partial charge in [0.1, 0.15) is 11.6 Å². The number of aliphatic hydroxyl groups excluding tert-OH is 1. The van der Waals surface area contributed by atoms with Crippen LogP contribution in [0.25, 0.3) is 0 Å². The van der Waals surface area contributed by atoms with Crippen LogP contribution in [0.5, 0.6) is 0 Å². The van der Waals surface area contributed by atoms with Crippen molar-refractivity contribution in [3.05, 3.63) is 35.9 Å². The summed E-state index contributed by atoms with van der Waals surface area (Å²) in [7, 11) is 0. The largest absolute Gasteiger partial charge is 0.465 e. The van der Waals surface area contributed by atoms with Crippen molar-refractivity contribution in [1.82, 2.24) is 5.06 Å². The molecule has 0 aliphatic carbocycles. The molecule has 1 fully saturated rings. The van der Waals surface area contributed by atoms with Gasteiger partial charge in [0.25, 0.3) is 0 Å². The number of ether oxygens (including phenoxy) is 2. The van der Waals surface area contributed by atoms with Gasteiger partial charge in [-0.2, -0.15) is 5.06 Å². The molecule has 0 aromatic heterocycles. The maximum Gasteiger partial charge on any atom is 0.326 e. The van der Waals surface area contributed by atoms with E-state index in [0.717, 1.165) is 5.56 Å². The van der Waals surface area contributed by atoms with Crippen molar-refractivity contribution in [3.63, 3.8) is 0 Å².